The molecule has 4 nitrogen and oxygen atoms in total. The molecule has 2 heterocycles. The van der Waals surface area contributed by atoms with Crippen LogP contribution in [0.1, 0.15) is 34.5 Å². The van der Waals surface area contributed by atoms with E-state index in [1.807, 2.05) is 0 Å². The second-order valence-corrected chi connectivity index (χ2v) is 5.07. The number of methoxy groups -OCH3 is 1. The zero-order valence-corrected chi connectivity index (χ0v) is 10.6. The van der Waals surface area contributed by atoms with Gasteiger partial charge in [-0.25, -0.2) is 9.37 Å². The number of ether oxygens (including phenoxy) is 1. The lowest BCUT2D eigenvalue weighted by Gasteiger charge is -2.32. The maximum Gasteiger partial charge on any atom is 0.503 e. The minimum atomic E-state index is -2.90. The Morgan fingerprint density at radius 1 is 1.39 bits per heavy atom. The van der Waals surface area contributed by atoms with E-state index in [0.717, 1.165) is 0 Å². The van der Waals surface area contributed by atoms with Crippen LogP contribution in [0, 0.1) is 5.82 Å². The number of rotatable bonds is 2. The van der Waals surface area contributed by atoms with Gasteiger partial charge < -0.3 is 14.0 Å². The Bertz CT molecular complexity index is 622. The fourth-order valence-electron chi connectivity index (χ4n) is 1.59. The van der Waals surface area contributed by atoms with Gasteiger partial charge in [0, 0.05) is 6.17 Å². The van der Waals surface area contributed by atoms with E-state index < -0.39 is 54.7 Å². The second kappa shape index (κ2) is 4.21. The van der Waals surface area contributed by atoms with Crippen molar-refractivity contribution in [3.8, 4) is 5.88 Å². The summed E-state index contributed by atoms with van der Waals surface area (Å²) < 4.78 is 66.9. The number of aromatic nitrogens is 1. The van der Waals surface area contributed by atoms with Crippen LogP contribution in [0.5, 0.6) is 5.88 Å². The van der Waals surface area contributed by atoms with E-state index in [2.05, 4.69) is 9.72 Å². The van der Waals surface area contributed by atoms with Crippen LogP contribution in [-0.2, 0) is 9.31 Å². The van der Waals surface area contributed by atoms with E-state index in [1.165, 1.54) is 0 Å². The lowest BCUT2D eigenvalue weighted by molar-refractivity contribution is 0.00578. The predicted molar refractivity (Wildman–Crippen MR) is 66.5 cm³/mol. The first-order chi connectivity index (χ1) is 10.3. The predicted octanol–water partition coefficient (Wildman–Crippen LogP) is 1.53. The first-order valence-corrected chi connectivity index (χ1v) is 5.46. The van der Waals surface area contributed by atoms with Crippen molar-refractivity contribution in [2.75, 3.05) is 7.04 Å². The summed E-state index contributed by atoms with van der Waals surface area (Å²) in [6, 6.07) is -0.785. The van der Waals surface area contributed by atoms with Gasteiger partial charge in [0.2, 0.25) is 5.88 Å². The number of hydrogen-bond donors (Lipinski definition) is 0. The van der Waals surface area contributed by atoms with Gasteiger partial charge in [-0.1, -0.05) is 0 Å². The standard InChI is InChI=1S/C12H17BFNO3/c1-11(2)12(3,4)18-13(17-11)9-8(14)6-7-15-10(9)16-5/h6-7H,1-5H3/i5D3,6D,7D. The average Bonchev–Trinajstić information content (AvgIpc) is 2.53. The van der Waals surface area contributed by atoms with Gasteiger partial charge in [0.05, 0.1) is 30.6 Å². The average molecular weight is 258 g/mol. The summed E-state index contributed by atoms with van der Waals surface area (Å²) in [6.07, 6.45) is -0.734. The summed E-state index contributed by atoms with van der Waals surface area (Å²) in [5.74, 6) is -1.79. The van der Waals surface area contributed by atoms with Crippen LogP contribution in [-0.4, -0.2) is 30.3 Å². The molecule has 18 heavy (non-hydrogen) atoms. The van der Waals surface area contributed by atoms with Gasteiger partial charge in [0.25, 0.3) is 0 Å². The summed E-state index contributed by atoms with van der Waals surface area (Å²) in [7, 11) is -4.19. The molecule has 0 unspecified atom stereocenters. The summed E-state index contributed by atoms with van der Waals surface area (Å²) in [4.78, 5) is 3.56. The van der Waals surface area contributed by atoms with Crippen molar-refractivity contribution < 1.29 is 25.3 Å². The molecule has 1 fully saturated rings. The van der Waals surface area contributed by atoms with Gasteiger partial charge in [0.15, 0.2) is 0 Å². The zero-order valence-electron chi connectivity index (χ0n) is 15.6. The van der Waals surface area contributed by atoms with E-state index in [9.17, 15) is 4.39 Å². The van der Waals surface area contributed by atoms with Crippen molar-refractivity contribution in [2.24, 2.45) is 0 Å². The van der Waals surface area contributed by atoms with Crippen LogP contribution in [0.25, 0.3) is 0 Å². The summed E-state index contributed by atoms with van der Waals surface area (Å²) in [5.41, 5.74) is -2.03. The molecule has 0 spiro atoms. The Morgan fingerprint density at radius 2 is 2.00 bits per heavy atom. The molecule has 1 aromatic rings. The smallest absolute Gasteiger partial charge is 0.481 e. The second-order valence-electron chi connectivity index (χ2n) is 5.07. The molecule has 0 aromatic carbocycles. The molecule has 0 radical (unpaired) electrons. The van der Waals surface area contributed by atoms with Gasteiger partial charge in [-0.3, -0.25) is 0 Å². The number of hydrogen-bond acceptors (Lipinski definition) is 4. The van der Waals surface area contributed by atoms with Crippen LogP contribution in [0.15, 0.2) is 12.2 Å². The van der Waals surface area contributed by atoms with Crippen LogP contribution in [0.4, 0.5) is 4.39 Å². The Balaban J connectivity index is 2.55. The molecule has 0 bridgehead atoms. The molecular weight excluding hydrogens is 236 g/mol. The minimum absolute atomic E-state index is 0.430. The van der Waals surface area contributed by atoms with Gasteiger partial charge in [-0.2, -0.15) is 0 Å². The topological polar surface area (TPSA) is 40.6 Å². The van der Waals surface area contributed by atoms with Crippen LogP contribution in [0.2, 0.25) is 0 Å². The Kier molecular flexibility index (Phi) is 1.90. The normalized spacial score (nSPS) is 25.8. The fraction of sp³-hybridized carbons (Fsp3) is 0.583. The Hall–Kier alpha value is -1.14. The highest BCUT2D eigenvalue weighted by Crippen LogP contribution is 2.37. The summed E-state index contributed by atoms with van der Waals surface area (Å²) in [6.45, 7) is 6.96. The lowest BCUT2D eigenvalue weighted by atomic mass is 9.79. The molecule has 98 valence electrons. The van der Waals surface area contributed by atoms with Crippen LogP contribution >= 0.6 is 0 Å². The highest BCUT2D eigenvalue weighted by atomic mass is 19.1. The third kappa shape index (κ3) is 1.99. The van der Waals surface area contributed by atoms with E-state index in [4.69, 9.17) is 16.2 Å². The SMILES string of the molecule is [2H]c1nc(OC([2H])([2H])[2H])c(B2OC(C)(C)C(C)(C)O2)c(F)c1[2H]. The largest absolute Gasteiger partial charge is 0.503 e. The van der Waals surface area contributed by atoms with Gasteiger partial charge >= 0.3 is 7.12 Å². The Morgan fingerprint density at radius 3 is 2.56 bits per heavy atom. The molecule has 0 atom stereocenters. The van der Waals surface area contributed by atoms with Crippen molar-refractivity contribution in [3.05, 3.63) is 18.0 Å². The third-order valence-corrected chi connectivity index (χ3v) is 3.38. The van der Waals surface area contributed by atoms with Crippen molar-refractivity contribution >= 4 is 12.6 Å². The lowest BCUT2D eigenvalue weighted by Crippen LogP contribution is -2.41. The van der Waals surface area contributed by atoms with E-state index in [1.54, 1.807) is 27.7 Å². The van der Waals surface area contributed by atoms with Crippen LogP contribution in [0.3, 0.4) is 0 Å². The zero-order chi connectivity index (χ0) is 17.8. The van der Waals surface area contributed by atoms with Gasteiger partial charge in [-0.15, -0.1) is 0 Å². The number of pyridine rings is 1. The first kappa shape index (κ1) is 8.12. The molecule has 2 rings (SSSR count). The number of halogens is 1. The van der Waals surface area contributed by atoms with Crippen molar-refractivity contribution in [2.45, 2.75) is 38.9 Å². The third-order valence-electron chi connectivity index (χ3n) is 3.38. The quantitative estimate of drug-likeness (QED) is 0.754. The molecular formula is C12H17BFNO3. The highest BCUT2D eigenvalue weighted by Gasteiger charge is 2.53. The van der Waals surface area contributed by atoms with Crippen LogP contribution < -0.4 is 10.2 Å². The number of nitrogens with zero attached hydrogens (tertiary/aromatic N) is 1. The molecule has 1 saturated heterocycles. The molecule has 1 aliphatic rings. The highest BCUT2D eigenvalue weighted by molar-refractivity contribution is 6.63. The van der Waals surface area contributed by atoms with Gasteiger partial charge in [0.1, 0.15) is 5.82 Å². The monoisotopic (exact) mass is 258 g/mol. The fourth-order valence-corrected chi connectivity index (χ4v) is 1.59. The first-order valence-electron chi connectivity index (χ1n) is 7.96. The molecule has 1 aromatic heterocycles. The minimum Gasteiger partial charge on any atom is -0.481 e. The summed E-state index contributed by atoms with van der Waals surface area (Å²) >= 11 is 0. The Labute approximate surface area is 114 Å². The van der Waals surface area contributed by atoms with E-state index in [0.29, 0.717) is 0 Å². The molecule has 0 saturated carbocycles. The molecule has 6 heteroatoms. The van der Waals surface area contributed by atoms with Gasteiger partial charge in [-0.05, 0) is 33.7 Å². The van der Waals surface area contributed by atoms with Crippen molar-refractivity contribution in [3.63, 3.8) is 0 Å². The van der Waals surface area contributed by atoms with E-state index in [-0.39, 0.29) is 0 Å². The van der Waals surface area contributed by atoms with E-state index >= 15 is 0 Å². The molecule has 0 amide bonds. The van der Waals surface area contributed by atoms with Crippen molar-refractivity contribution in [1.82, 2.24) is 4.98 Å². The maximum atomic E-state index is 14.5. The molecule has 0 N–H and O–H groups in total. The summed E-state index contributed by atoms with van der Waals surface area (Å²) in [5, 5.41) is 0. The van der Waals surface area contributed by atoms with Crippen molar-refractivity contribution in [1.29, 1.82) is 0 Å². The molecule has 1 aliphatic heterocycles. The molecule has 0 aliphatic carbocycles. The maximum absolute atomic E-state index is 14.5.